The molecule has 0 saturated heterocycles. The number of fused-ring (bicyclic) bond motifs is 1. The van der Waals surface area contributed by atoms with Crippen molar-refractivity contribution in [3.8, 4) is 5.13 Å². The van der Waals surface area contributed by atoms with Gasteiger partial charge in [0.2, 0.25) is 0 Å². The largest absolute Gasteiger partial charge is 0.361 e. The van der Waals surface area contributed by atoms with Gasteiger partial charge in [0.15, 0.2) is 5.13 Å². The molecule has 1 N–H and O–H groups in total. The Balaban J connectivity index is 1.63. The van der Waals surface area contributed by atoms with Crippen LogP contribution >= 0.6 is 11.3 Å². The summed E-state index contributed by atoms with van der Waals surface area (Å²) in [6.45, 7) is 4.21. The van der Waals surface area contributed by atoms with Crippen LogP contribution in [0.2, 0.25) is 0 Å². The van der Waals surface area contributed by atoms with E-state index >= 15 is 0 Å². The molecule has 132 valence electrons. The molecule has 1 amide bonds. The van der Waals surface area contributed by atoms with E-state index in [0.717, 1.165) is 46.2 Å². The fourth-order valence-electron chi connectivity index (χ4n) is 3.91. The highest BCUT2D eigenvalue weighted by Gasteiger charge is 2.43. The topological polar surface area (TPSA) is 50.2 Å². The van der Waals surface area contributed by atoms with E-state index in [0.29, 0.717) is 6.04 Å². The van der Waals surface area contributed by atoms with Crippen LogP contribution in [0.1, 0.15) is 46.3 Å². The molecule has 2 aliphatic rings. The molecule has 1 aromatic carbocycles. The summed E-state index contributed by atoms with van der Waals surface area (Å²) >= 11 is 1.62. The average Bonchev–Trinajstić information content (AvgIpc) is 3.24. The molecule has 1 aliphatic carbocycles. The third-order valence-electron chi connectivity index (χ3n) is 5.28. The van der Waals surface area contributed by atoms with Gasteiger partial charge in [0.1, 0.15) is 6.17 Å². The summed E-state index contributed by atoms with van der Waals surface area (Å²) in [5, 5.41) is 6.57. The second-order valence-electron chi connectivity index (χ2n) is 7.01. The molecule has 1 aliphatic heterocycles. The lowest BCUT2D eigenvalue weighted by molar-refractivity contribution is 0.0666. The van der Waals surface area contributed by atoms with E-state index in [2.05, 4.69) is 34.8 Å². The molecule has 0 unspecified atom stereocenters. The van der Waals surface area contributed by atoms with Crippen LogP contribution < -0.4 is 5.32 Å². The van der Waals surface area contributed by atoms with Crippen LogP contribution in [0.3, 0.4) is 0 Å². The highest BCUT2D eigenvalue weighted by atomic mass is 32.1. The van der Waals surface area contributed by atoms with Crippen molar-refractivity contribution in [2.75, 3.05) is 5.32 Å². The molecule has 1 atom stereocenters. The summed E-state index contributed by atoms with van der Waals surface area (Å²) in [6.07, 6.45) is 3.85. The van der Waals surface area contributed by atoms with Gasteiger partial charge in [-0.05, 0) is 44.9 Å². The number of carbonyl (C=O) groups excluding carboxylic acids is 1. The van der Waals surface area contributed by atoms with Crippen molar-refractivity contribution in [2.45, 2.75) is 38.9 Å². The molecule has 3 aromatic rings. The van der Waals surface area contributed by atoms with Gasteiger partial charge in [-0.15, -0.1) is 11.3 Å². The number of aromatic nitrogens is 2. The molecule has 0 radical (unpaired) electrons. The van der Waals surface area contributed by atoms with Crippen LogP contribution in [-0.4, -0.2) is 26.4 Å². The van der Waals surface area contributed by atoms with Gasteiger partial charge in [0.25, 0.3) is 5.91 Å². The van der Waals surface area contributed by atoms with Crippen molar-refractivity contribution in [3.63, 3.8) is 0 Å². The van der Waals surface area contributed by atoms with E-state index in [-0.39, 0.29) is 12.1 Å². The summed E-state index contributed by atoms with van der Waals surface area (Å²) in [6, 6.07) is 10.3. The maximum Gasteiger partial charge on any atom is 0.258 e. The zero-order chi connectivity index (χ0) is 17.8. The van der Waals surface area contributed by atoms with Crippen LogP contribution in [0, 0.1) is 13.8 Å². The quantitative estimate of drug-likeness (QED) is 0.755. The lowest BCUT2D eigenvalue weighted by Crippen LogP contribution is -2.44. The molecule has 6 heteroatoms. The first kappa shape index (κ1) is 15.6. The van der Waals surface area contributed by atoms with E-state index in [4.69, 9.17) is 0 Å². The lowest BCUT2D eigenvalue weighted by atomic mass is 10.0. The number of benzene rings is 1. The van der Waals surface area contributed by atoms with E-state index in [9.17, 15) is 4.79 Å². The molecule has 5 rings (SSSR count). The molecule has 1 saturated carbocycles. The van der Waals surface area contributed by atoms with Gasteiger partial charge in [-0.2, -0.15) is 0 Å². The number of anilines is 1. The van der Waals surface area contributed by atoms with Gasteiger partial charge in [-0.25, -0.2) is 4.98 Å². The monoisotopic (exact) mass is 364 g/mol. The molecule has 26 heavy (non-hydrogen) atoms. The first-order chi connectivity index (χ1) is 12.6. The van der Waals surface area contributed by atoms with E-state index in [1.807, 2.05) is 40.7 Å². The number of hydrogen-bond acceptors (Lipinski definition) is 4. The van der Waals surface area contributed by atoms with Gasteiger partial charge in [-0.3, -0.25) is 9.36 Å². The summed E-state index contributed by atoms with van der Waals surface area (Å²) in [4.78, 5) is 19.7. The van der Waals surface area contributed by atoms with Gasteiger partial charge in [0, 0.05) is 40.3 Å². The molecule has 3 heterocycles. The Labute approximate surface area is 156 Å². The number of amides is 1. The van der Waals surface area contributed by atoms with Crippen LogP contribution in [0.15, 0.2) is 41.9 Å². The summed E-state index contributed by atoms with van der Waals surface area (Å²) in [5.41, 5.74) is 5.10. The number of rotatable bonds is 3. The van der Waals surface area contributed by atoms with Gasteiger partial charge in [-0.1, -0.05) is 12.1 Å². The van der Waals surface area contributed by atoms with Gasteiger partial charge >= 0.3 is 0 Å². The first-order valence-corrected chi connectivity index (χ1v) is 9.80. The first-order valence-electron chi connectivity index (χ1n) is 8.92. The van der Waals surface area contributed by atoms with Gasteiger partial charge < -0.3 is 10.2 Å². The Hall–Kier alpha value is -2.60. The minimum atomic E-state index is -0.134. The second kappa shape index (κ2) is 5.71. The lowest BCUT2D eigenvalue weighted by Gasteiger charge is -2.38. The van der Waals surface area contributed by atoms with Crippen LogP contribution in [0.4, 0.5) is 5.69 Å². The van der Waals surface area contributed by atoms with Crippen molar-refractivity contribution in [1.29, 1.82) is 0 Å². The maximum absolute atomic E-state index is 13.2. The average molecular weight is 364 g/mol. The van der Waals surface area contributed by atoms with Crippen molar-refractivity contribution in [3.05, 3.63) is 64.4 Å². The Bertz CT molecular complexity index is 987. The van der Waals surface area contributed by atoms with Crippen molar-refractivity contribution >= 4 is 22.9 Å². The van der Waals surface area contributed by atoms with Crippen LogP contribution in [0.5, 0.6) is 0 Å². The van der Waals surface area contributed by atoms with Crippen LogP contribution in [0.25, 0.3) is 5.13 Å². The maximum atomic E-state index is 13.2. The molecule has 0 spiro atoms. The zero-order valence-corrected chi connectivity index (χ0v) is 15.6. The SMILES string of the molecule is Cc1cc([C@@H]2Nc3ccccc3C(=O)N2C2CC2)c(C)n1-c1nccs1. The normalized spacial score (nSPS) is 19.4. The smallest absolute Gasteiger partial charge is 0.258 e. The number of thiazole rings is 1. The van der Waals surface area contributed by atoms with E-state index in [1.165, 1.54) is 0 Å². The number of carbonyl (C=O) groups is 1. The van der Waals surface area contributed by atoms with Crippen molar-refractivity contribution in [1.82, 2.24) is 14.5 Å². The fraction of sp³-hybridized carbons (Fsp3) is 0.300. The predicted octanol–water partition coefficient (Wildman–Crippen LogP) is 4.28. The molecular formula is C20H20N4OS. The minimum Gasteiger partial charge on any atom is -0.361 e. The predicted molar refractivity (Wildman–Crippen MR) is 103 cm³/mol. The summed E-state index contributed by atoms with van der Waals surface area (Å²) < 4.78 is 2.18. The molecule has 5 nitrogen and oxygen atoms in total. The fourth-order valence-corrected chi connectivity index (χ4v) is 4.66. The molecular weight excluding hydrogens is 344 g/mol. The minimum absolute atomic E-state index is 0.130. The Morgan fingerprint density at radius 3 is 2.77 bits per heavy atom. The number of para-hydroxylation sites is 1. The second-order valence-corrected chi connectivity index (χ2v) is 7.89. The number of nitrogens with zero attached hydrogens (tertiary/aromatic N) is 3. The Morgan fingerprint density at radius 2 is 2.04 bits per heavy atom. The highest BCUT2D eigenvalue weighted by molar-refractivity contribution is 7.12. The summed E-state index contributed by atoms with van der Waals surface area (Å²) in [5.74, 6) is 0.130. The zero-order valence-electron chi connectivity index (χ0n) is 14.8. The van der Waals surface area contributed by atoms with Crippen molar-refractivity contribution in [2.24, 2.45) is 0 Å². The van der Waals surface area contributed by atoms with Crippen molar-refractivity contribution < 1.29 is 4.79 Å². The third kappa shape index (κ3) is 2.29. The van der Waals surface area contributed by atoms with Crippen LogP contribution in [-0.2, 0) is 0 Å². The number of aryl methyl sites for hydroxylation is 1. The highest BCUT2D eigenvalue weighted by Crippen LogP contribution is 2.42. The molecule has 0 bridgehead atoms. The summed E-state index contributed by atoms with van der Waals surface area (Å²) in [7, 11) is 0. The van der Waals surface area contributed by atoms with Gasteiger partial charge in [0.05, 0.1) is 5.56 Å². The number of nitrogens with one attached hydrogen (secondary N) is 1. The standard InChI is InChI=1S/C20H20N4OS/c1-12-11-16(13(2)23(12)20-21-9-10-26-20)18-22-17-6-4-3-5-15(17)19(25)24(18)14-7-8-14/h3-6,9-11,14,18,22H,7-8H2,1-2H3/t18-/m1/s1. The Kier molecular flexibility index (Phi) is 3.43. The number of hydrogen-bond donors (Lipinski definition) is 1. The molecule has 1 fully saturated rings. The van der Waals surface area contributed by atoms with E-state index < -0.39 is 0 Å². The Morgan fingerprint density at radius 1 is 1.23 bits per heavy atom. The van der Waals surface area contributed by atoms with E-state index in [1.54, 1.807) is 11.3 Å². The molecule has 2 aromatic heterocycles. The third-order valence-corrected chi connectivity index (χ3v) is 6.03.